The molecule has 0 saturated carbocycles. The molecule has 3 N–H and O–H groups in total. The van der Waals surface area contributed by atoms with Crippen molar-refractivity contribution in [3.8, 4) is 5.75 Å². The quantitative estimate of drug-likeness (QED) is 0.696. The molecule has 76 valence electrons. The summed E-state index contributed by atoms with van der Waals surface area (Å²) in [6.45, 7) is -0.133. The zero-order chi connectivity index (χ0) is 10.6. The van der Waals surface area contributed by atoms with Gasteiger partial charge in [0.25, 0.3) is 5.91 Å². The van der Waals surface area contributed by atoms with Gasteiger partial charge >= 0.3 is 0 Å². The maximum absolute atomic E-state index is 12.6. The molecule has 14 heavy (non-hydrogen) atoms. The van der Waals surface area contributed by atoms with E-state index < -0.39 is 5.82 Å². The third-order valence-corrected chi connectivity index (χ3v) is 1.61. The summed E-state index contributed by atoms with van der Waals surface area (Å²) in [5.41, 5.74) is 5.63. The van der Waals surface area contributed by atoms with Crippen molar-refractivity contribution in [1.29, 1.82) is 0 Å². The van der Waals surface area contributed by atoms with Crippen molar-refractivity contribution in [2.24, 2.45) is 0 Å². The van der Waals surface area contributed by atoms with Crippen LogP contribution in [0.4, 0.5) is 10.1 Å². The molecule has 0 aliphatic carbocycles. The summed E-state index contributed by atoms with van der Waals surface area (Å²) >= 11 is 0. The van der Waals surface area contributed by atoms with Gasteiger partial charge in [0.05, 0.1) is 5.69 Å². The standard InChI is InChI=1S/C9H11FN2O2/c1-12-9(13)5-14-8-3-2-6(10)4-7(8)11/h2-4H,5,11H2,1H3,(H,12,13). The smallest absolute Gasteiger partial charge is 0.257 e. The average molecular weight is 198 g/mol. The number of nitrogens with one attached hydrogen (secondary N) is 1. The molecule has 0 fully saturated rings. The predicted octanol–water partition coefficient (Wildman–Crippen LogP) is 0.533. The number of likely N-dealkylation sites (N-methyl/N-ethyl adjacent to an activating group) is 1. The molecule has 0 bridgehead atoms. The first-order valence-corrected chi connectivity index (χ1v) is 4.02. The summed E-state index contributed by atoms with van der Waals surface area (Å²) in [5, 5.41) is 2.39. The molecule has 1 amide bonds. The number of rotatable bonds is 3. The summed E-state index contributed by atoms with van der Waals surface area (Å²) in [4.78, 5) is 10.8. The molecule has 0 aliphatic heterocycles. The van der Waals surface area contributed by atoms with Crippen LogP contribution in [0.15, 0.2) is 18.2 Å². The van der Waals surface area contributed by atoms with Crippen molar-refractivity contribution in [3.63, 3.8) is 0 Å². The Morgan fingerprint density at radius 3 is 2.93 bits per heavy atom. The summed E-state index contributed by atoms with van der Waals surface area (Å²) in [6.07, 6.45) is 0. The lowest BCUT2D eigenvalue weighted by Crippen LogP contribution is -2.25. The Hall–Kier alpha value is -1.78. The van der Waals surface area contributed by atoms with E-state index in [4.69, 9.17) is 10.5 Å². The van der Waals surface area contributed by atoms with Crippen LogP contribution >= 0.6 is 0 Å². The monoisotopic (exact) mass is 198 g/mol. The molecular weight excluding hydrogens is 187 g/mol. The lowest BCUT2D eigenvalue weighted by molar-refractivity contribution is -0.122. The first-order valence-electron chi connectivity index (χ1n) is 4.02. The highest BCUT2D eigenvalue weighted by Gasteiger charge is 2.04. The SMILES string of the molecule is CNC(=O)COc1ccc(F)cc1N. The highest BCUT2D eigenvalue weighted by atomic mass is 19.1. The van der Waals surface area contributed by atoms with Crippen molar-refractivity contribution in [2.75, 3.05) is 19.4 Å². The van der Waals surface area contributed by atoms with Crippen LogP contribution < -0.4 is 15.8 Å². The Morgan fingerprint density at radius 1 is 1.64 bits per heavy atom. The van der Waals surface area contributed by atoms with Gasteiger partial charge in [-0.1, -0.05) is 0 Å². The fraction of sp³-hybridized carbons (Fsp3) is 0.222. The number of benzene rings is 1. The summed E-state index contributed by atoms with van der Waals surface area (Å²) in [5.74, 6) is -0.404. The minimum absolute atomic E-state index is 0.133. The van der Waals surface area contributed by atoms with Crippen LogP contribution in [0.2, 0.25) is 0 Å². The van der Waals surface area contributed by atoms with Crippen LogP contribution in [0.25, 0.3) is 0 Å². The maximum atomic E-state index is 12.6. The second kappa shape index (κ2) is 4.45. The van der Waals surface area contributed by atoms with E-state index in [0.29, 0.717) is 5.75 Å². The first-order chi connectivity index (χ1) is 6.63. The van der Waals surface area contributed by atoms with Crippen LogP contribution in [-0.4, -0.2) is 19.6 Å². The molecule has 0 unspecified atom stereocenters. The topological polar surface area (TPSA) is 64.3 Å². The fourth-order valence-corrected chi connectivity index (χ4v) is 0.866. The predicted molar refractivity (Wildman–Crippen MR) is 50.4 cm³/mol. The number of halogens is 1. The minimum Gasteiger partial charge on any atom is -0.482 e. The zero-order valence-electron chi connectivity index (χ0n) is 7.71. The van der Waals surface area contributed by atoms with Crippen molar-refractivity contribution in [3.05, 3.63) is 24.0 Å². The highest BCUT2D eigenvalue weighted by Crippen LogP contribution is 2.21. The van der Waals surface area contributed by atoms with Gasteiger partial charge in [0.1, 0.15) is 11.6 Å². The van der Waals surface area contributed by atoms with Gasteiger partial charge in [-0.3, -0.25) is 4.79 Å². The molecule has 0 atom stereocenters. The molecule has 1 aromatic rings. The lowest BCUT2D eigenvalue weighted by atomic mass is 10.3. The van der Waals surface area contributed by atoms with E-state index in [9.17, 15) is 9.18 Å². The Kier molecular flexibility index (Phi) is 3.28. The van der Waals surface area contributed by atoms with Crippen molar-refractivity contribution >= 4 is 11.6 Å². The van der Waals surface area contributed by atoms with E-state index in [0.717, 1.165) is 6.07 Å². The third-order valence-electron chi connectivity index (χ3n) is 1.61. The molecule has 1 aromatic carbocycles. The van der Waals surface area contributed by atoms with E-state index in [1.54, 1.807) is 0 Å². The fourth-order valence-electron chi connectivity index (χ4n) is 0.866. The Bertz CT molecular complexity index is 342. The third kappa shape index (κ3) is 2.62. The number of carbonyl (C=O) groups is 1. The minimum atomic E-state index is -0.435. The Morgan fingerprint density at radius 2 is 2.36 bits per heavy atom. The molecule has 0 aliphatic rings. The van der Waals surface area contributed by atoms with Gasteiger partial charge in [-0.2, -0.15) is 0 Å². The summed E-state index contributed by atoms with van der Waals surface area (Å²) in [6, 6.07) is 3.74. The Labute approximate surface area is 80.9 Å². The first kappa shape index (κ1) is 10.3. The molecule has 0 spiro atoms. The molecule has 1 rings (SSSR count). The van der Waals surface area contributed by atoms with E-state index in [1.165, 1.54) is 19.2 Å². The average Bonchev–Trinajstić information content (AvgIpc) is 2.16. The second-order valence-corrected chi connectivity index (χ2v) is 2.64. The number of anilines is 1. The number of hydrogen-bond acceptors (Lipinski definition) is 3. The van der Waals surface area contributed by atoms with Crippen LogP contribution in [0.3, 0.4) is 0 Å². The summed E-state index contributed by atoms with van der Waals surface area (Å²) in [7, 11) is 1.50. The van der Waals surface area contributed by atoms with Crippen LogP contribution in [0.1, 0.15) is 0 Å². The number of amides is 1. The van der Waals surface area contributed by atoms with Crippen molar-refractivity contribution in [1.82, 2.24) is 5.32 Å². The molecule has 0 saturated heterocycles. The number of carbonyl (C=O) groups excluding carboxylic acids is 1. The van der Waals surface area contributed by atoms with Crippen LogP contribution in [-0.2, 0) is 4.79 Å². The zero-order valence-corrected chi connectivity index (χ0v) is 7.71. The molecule has 0 heterocycles. The Balaban J connectivity index is 2.63. The van der Waals surface area contributed by atoms with E-state index in [1.807, 2.05) is 0 Å². The summed E-state index contributed by atoms with van der Waals surface area (Å²) < 4.78 is 17.6. The molecular formula is C9H11FN2O2. The van der Waals surface area contributed by atoms with E-state index >= 15 is 0 Å². The van der Waals surface area contributed by atoms with Crippen LogP contribution in [0.5, 0.6) is 5.75 Å². The van der Waals surface area contributed by atoms with Gasteiger partial charge in [0.2, 0.25) is 0 Å². The number of hydrogen-bond donors (Lipinski definition) is 2. The van der Waals surface area contributed by atoms with E-state index in [2.05, 4.69) is 5.32 Å². The molecule has 0 aromatic heterocycles. The maximum Gasteiger partial charge on any atom is 0.257 e. The number of ether oxygens (including phenoxy) is 1. The van der Waals surface area contributed by atoms with Gasteiger partial charge in [-0.15, -0.1) is 0 Å². The van der Waals surface area contributed by atoms with Crippen LogP contribution in [0, 0.1) is 5.82 Å². The second-order valence-electron chi connectivity index (χ2n) is 2.64. The van der Waals surface area contributed by atoms with Gasteiger partial charge in [-0.25, -0.2) is 4.39 Å². The van der Waals surface area contributed by atoms with Gasteiger partial charge in [0, 0.05) is 13.1 Å². The largest absolute Gasteiger partial charge is 0.482 e. The van der Waals surface area contributed by atoms with Gasteiger partial charge in [-0.05, 0) is 12.1 Å². The van der Waals surface area contributed by atoms with Gasteiger partial charge in [0.15, 0.2) is 6.61 Å². The van der Waals surface area contributed by atoms with Gasteiger partial charge < -0.3 is 15.8 Å². The van der Waals surface area contributed by atoms with Crippen molar-refractivity contribution in [2.45, 2.75) is 0 Å². The normalized spacial score (nSPS) is 9.57. The number of nitrogen functional groups attached to an aromatic ring is 1. The van der Waals surface area contributed by atoms with E-state index in [-0.39, 0.29) is 18.2 Å². The van der Waals surface area contributed by atoms with Crippen molar-refractivity contribution < 1.29 is 13.9 Å². The molecule has 4 nitrogen and oxygen atoms in total. The molecule has 0 radical (unpaired) electrons. The number of nitrogens with two attached hydrogens (primary N) is 1. The lowest BCUT2D eigenvalue weighted by Gasteiger charge is -2.07. The highest BCUT2D eigenvalue weighted by molar-refractivity contribution is 5.77. The molecule has 5 heteroatoms.